The Balaban J connectivity index is 1.60. The number of amides is 1. The van der Waals surface area contributed by atoms with Crippen molar-refractivity contribution in [2.75, 3.05) is 25.0 Å². The summed E-state index contributed by atoms with van der Waals surface area (Å²) in [5.74, 6) is 1.33. The van der Waals surface area contributed by atoms with Crippen molar-refractivity contribution in [3.63, 3.8) is 0 Å². The Kier molecular flexibility index (Phi) is 5.35. The Morgan fingerprint density at radius 3 is 3.08 bits per heavy atom. The summed E-state index contributed by atoms with van der Waals surface area (Å²) in [7, 11) is 0. The lowest BCUT2D eigenvalue weighted by molar-refractivity contribution is 0.0948. The van der Waals surface area contributed by atoms with Gasteiger partial charge in [0.15, 0.2) is 5.13 Å². The van der Waals surface area contributed by atoms with Gasteiger partial charge in [-0.25, -0.2) is 4.98 Å². The molecule has 1 amide bonds. The number of thiazole rings is 1. The van der Waals surface area contributed by atoms with Crippen molar-refractivity contribution in [2.45, 2.75) is 26.7 Å². The molecule has 2 N–H and O–H groups in total. The topological polar surface area (TPSA) is 63.2 Å². The summed E-state index contributed by atoms with van der Waals surface area (Å²) in [6.45, 7) is 6.05. The second-order valence-electron chi connectivity index (χ2n) is 5.99. The number of hydrogen-bond donors (Lipinski definition) is 2. The Bertz CT molecular complexity index is 714. The third-order valence-corrected chi connectivity index (χ3v) is 5.26. The van der Waals surface area contributed by atoms with Gasteiger partial charge < -0.3 is 15.4 Å². The summed E-state index contributed by atoms with van der Waals surface area (Å²) in [5.41, 5.74) is 2.00. The largest absolute Gasteiger partial charge is 0.493 e. The van der Waals surface area contributed by atoms with Gasteiger partial charge in [0.05, 0.1) is 12.3 Å². The smallest absolute Gasteiger partial charge is 0.263 e. The molecule has 0 radical (unpaired) electrons. The average molecular weight is 345 g/mol. The van der Waals surface area contributed by atoms with Crippen LogP contribution in [0, 0.1) is 12.8 Å². The molecule has 2 aromatic rings. The van der Waals surface area contributed by atoms with Gasteiger partial charge in [0.25, 0.3) is 5.91 Å². The highest BCUT2D eigenvalue weighted by atomic mass is 32.1. The van der Waals surface area contributed by atoms with Crippen molar-refractivity contribution < 1.29 is 9.53 Å². The zero-order valence-corrected chi connectivity index (χ0v) is 14.9. The number of carbonyl (C=O) groups is 1. The van der Waals surface area contributed by atoms with Crippen molar-refractivity contribution in [1.29, 1.82) is 0 Å². The summed E-state index contributed by atoms with van der Waals surface area (Å²) in [5, 5.41) is 7.03. The first-order valence-corrected chi connectivity index (χ1v) is 9.19. The molecule has 2 heterocycles. The first-order valence-electron chi connectivity index (χ1n) is 8.37. The van der Waals surface area contributed by atoms with Crippen LogP contribution in [-0.4, -0.2) is 30.6 Å². The lowest BCUT2D eigenvalue weighted by Gasteiger charge is -2.14. The Labute approximate surface area is 146 Å². The fourth-order valence-electron chi connectivity index (χ4n) is 2.89. The van der Waals surface area contributed by atoms with Gasteiger partial charge in [-0.05, 0) is 44.2 Å². The van der Waals surface area contributed by atoms with E-state index in [0.717, 1.165) is 36.0 Å². The molecule has 5 nitrogen and oxygen atoms in total. The fraction of sp³-hybridized carbons (Fsp3) is 0.444. The molecule has 0 saturated carbocycles. The van der Waals surface area contributed by atoms with Crippen LogP contribution >= 0.6 is 11.3 Å². The first kappa shape index (κ1) is 16.8. The maximum Gasteiger partial charge on any atom is 0.263 e. The molecule has 1 aromatic heterocycles. The van der Waals surface area contributed by atoms with Crippen LogP contribution in [0.5, 0.6) is 5.75 Å². The number of nitrogens with zero attached hydrogens (tertiary/aromatic N) is 1. The van der Waals surface area contributed by atoms with Gasteiger partial charge in [-0.3, -0.25) is 4.79 Å². The SMILES string of the molecule is CCNc1nc(C)c(C(=O)NC[C@H]2CCOc3ccccc3C2)s1. The highest BCUT2D eigenvalue weighted by Crippen LogP contribution is 2.26. The lowest BCUT2D eigenvalue weighted by atomic mass is 9.97. The molecule has 1 aromatic carbocycles. The minimum atomic E-state index is -0.0346. The zero-order valence-electron chi connectivity index (χ0n) is 14.1. The molecular weight excluding hydrogens is 322 g/mol. The van der Waals surface area contributed by atoms with Crippen LogP contribution < -0.4 is 15.4 Å². The third-order valence-electron chi connectivity index (χ3n) is 4.15. The predicted octanol–water partition coefficient (Wildman–Crippen LogP) is 3.25. The third kappa shape index (κ3) is 3.87. The van der Waals surface area contributed by atoms with E-state index >= 15 is 0 Å². The quantitative estimate of drug-likeness (QED) is 0.873. The number of rotatable bonds is 5. The molecule has 24 heavy (non-hydrogen) atoms. The summed E-state index contributed by atoms with van der Waals surface area (Å²) >= 11 is 1.41. The van der Waals surface area contributed by atoms with E-state index in [1.165, 1.54) is 16.9 Å². The highest BCUT2D eigenvalue weighted by Gasteiger charge is 2.20. The van der Waals surface area contributed by atoms with Crippen LogP contribution in [0.4, 0.5) is 5.13 Å². The van der Waals surface area contributed by atoms with E-state index in [1.54, 1.807) is 0 Å². The molecule has 6 heteroatoms. The van der Waals surface area contributed by atoms with E-state index in [2.05, 4.69) is 21.7 Å². The summed E-state index contributed by atoms with van der Waals surface area (Å²) < 4.78 is 5.79. The number of benzene rings is 1. The lowest BCUT2D eigenvalue weighted by Crippen LogP contribution is -2.30. The molecule has 0 fully saturated rings. The van der Waals surface area contributed by atoms with E-state index in [4.69, 9.17) is 4.74 Å². The summed E-state index contributed by atoms with van der Waals surface area (Å²) in [6.07, 6.45) is 1.88. The van der Waals surface area contributed by atoms with E-state index in [9.17, 15) is 4.79 Å². The van der Waals surface area contributed by atoms with Gasteiger partial charge in [0.2, 0.25) is 0 Å². The number of fused-ring (bicyclic) bond motifs is 1. The van der Waals surface area contributed by atoms with Gasteiger partial charge >= 0.3 is 0 Å². The molecule has 0 unspecified atom stereocenters. The number of aromatic nitrogens is 1. The predicted molar refractivity (Wildman–Crippen MR) is 97.1 cm³/mol. The van der Waals surface area contributed by atoms with Gasteiger partial charge in [-0.1, -0.05) is 29.5 Å². The number of ether oxygens (including phenoxy) is 1. The van der Waals surface area contributed by atoms with Crippen molar-refractivity contribution in [3.8, 4) is 5.75 Å². The van der Waals surface area contributed by atoms with Crippen LogP contribution in [0.2, 0.25) is 0 Å². The second kappa shape index (κ2) is 7.66. The minimum Gasteiger partial charge on any atom is -0.493 e. The first-order chi connectivity index (χ1) is 11.7. The van der Waals surface area contributed by atoms with Gasteiger partial charge in [-0.2, -0.15) is 0 Å². The molecule has 128 valence electrons. The number of nitrogens with one attached hydrogen (secondary N) is 2. The summed E-state index contributed by atoms with van der Waals surface area (Å²) in [4.78, 5) is 17.5. The van der Waals surface area contributed by atoms with Gasteiger partial charge in [-0.15, -0.1) is 0 Å². The maximum absolute atomic E-state index is 12.5. The molecule has 1 atom stereocenters. The number of para-hydroxylation sites is 1. The normalized spacial score (nSPS) is 16.7. The van der Waals surface area contributed by atoms with Gasteiger partial charge in [0.1, 0.15) is 10.6 Å². The second-order valence-corrected chi connectivity index (χ2v) is 6.99. The molecule has 0 saturated heterocycles. The number of hydrogen-bond acceptors (Lipinski definition) is 5. The minimum absolute atomic E-state index is 0.0346. The Morgan fingerprint density at radius 2 is 2.25 bits per heavy atom. The van der Waals surface area contributed by atoms with Crippen molar-refractivity contribution >= 4 is 22.4 Å². The highest BCUT2D eigenvalue weighted by molar-refractivity contribution is 7.17. The van der Waals surface area contributed by atoms with Gasteiger partial charge in [0, 0.05) is 13.1 Å². The van der Waals surface area contributed by atoms with Crippen molar-refractivity contribution in [3.05, 3.63) is 40.4 Å². The number of anilines is 1. The monoisotopic (exact) mass is 345 g/mol. The molecule has 0 spiro atoms. The van der Waals surface area contributed by atoms with E-state index in [1.807, 2.05) is 32.0 Å². The van der Waals surface area contributed by atoms with E-state index < -0.39 is 0 Å². The van der Waals surface area contributed by atoms with E-state index in [0.29, 0.717) is 23.9 Å². The molecule has 0 aliphatic carbocycles. The van der Waals surface area contributed by atoms with Crippen molar-refractivity contribution in [2.24, 2.45) is 5.92 Å². The van der Waals surface area contributed by atoms with Crippen LogP contribution in [0.3, 0.4) is 0 Å². The molecule has 1 aliphatic rings. The van der Waals surface area contributed by atoms with Crippen LogP contribution in [0.1, 0.15) is 34.3 Å². The summed E-state index contributed by atoms with van der Waals surface area (Å²) in [6, 6.07) is 8.15. The molecule has 1 aliphatic heterocycles. The van der Waals surface area contributed by atoms with Crippen LogP contribution in [0.15, 0.2) is 24.3 Å². The van der Waals surface area contributed by atoms with Crippen LogP contribution in [-0.2, 0) is 6.42 Å². The van der Waals surface area contributed by atoms with E-state index in [-0.39, 0.29) is 5.91 Å². The average Bonchev–Trinajstić information content (AvgIpc) is 2.81. The fourth-order valence-corrected chi connectivity index (χ4v) is 3.84. The number of aryl methyl sites for hydroxylation is 1. The van der Waals surface area contributed by atoms with Crippen LogP contribution in [0.25, 0.3) is 0 Å². The number of carbonyl (C=O) groups excluding carboxylic acids is 1. The standard InChI is InChI=1S/C18H23N3O2S/c1-3-19-18-21-12(2)16(24-18)17(22)20-11-13-8-9-23-15-7-5-4-6-14(15)10-13/h4-7,13H,3,8-11H2,1-2H3,(H,19,21)(H,20,22)/t13-/m0/s1. The van der Waals surface area contributed by atoms with Crippen molar-refractivity contribution in [1.82, 2.24) is 10.3 Å². The zero-order chi connectivity index (χ0) is 16.9. The Morgan fingerprint density at radius 1 is 1.42 bits per heavy atom. The molecule has 0 bridgehead atoms. The Hall–Kier alpha value is -2.08. The molecule has 3 rings (SSSR count). The maximum atomic E-state index is 12.5. The molecular formula is C18H23N3O2S.